The highest BCUT2D eigenvalue weighted by Crippen LogP contribution is 2.27. The Hall–Kier alpha value is -2.61. The highest BCUT2D eigenvalue weighted by atomic mass is 19.1. The molecule has 0 spiro atoms. The van der Waals surface area contributed by atoms with E-state index in [0.29, 0.717) is 11.2 Å². The van der Waals surface area contributed by atoms with Crippen molar-refractivity contribution in [2.24, 2.45) is 0 Å². The van der Waals surface area contributed by atoms with E-state index in [0.717, 1.165) is 43.6 Å². The van der Waals surface area contributed by atoms with Crippen LogP contribution in [0.4, 0.5) is 14.6 Å². The minimum Gasteiger partial charge on any atom is -0.352 e. The van der Waals surface area contributed by atoms with Gasteiger partial charge in [0.2, 0.25) is 0 Å². The lowest BCUT2D eigenvalue weighted by Gasteiger charge is -2.38. The first-order valence-corrected chi connectivity index (χ1v) is 8.21. The lowest BCUT2D eigenvalue weighted by atomic mass is 10.1. The van der Waals surface area contributed by atoms with Crippen LogP contribution < -0.4 is 4.90 Å². The van der Waals surface area contributed by atoms with Gasteiger partial charge in [-0.2, -0.15) is 0 Å². The number of imidazole rings is 1. The van der Waals surface area contributed by atoms with Gasteiger partial charge >= 0.3 is 0 Å². The monoisotopic (exact) mass is 344 g/mol. The molecule has 1 atom stereocenters. The molecular weight excluding hydrogens is 326 g/mol. The Morgan fingerprint density at radius 1 is 1.08 bits per heavy atom. The Kier molecular flexibility index (Phi) is 4.04. The fourth-order valence-electron chi connectivity index (χ4n) is 3.35. The number of aromatic amines is 1. The summed E-state index contributed by atoms with van der Waals surface area (Å²) >= 11 is 0. The van der Waals surface area contributed by atoms with Crippen LogP contribution >= 0.6 is 0 Å². The van der Waals surface area contributed by atoms with Gasteiger partial charge in [0, 0.05) is 43.9 Å². The van der Waals surface area contributed by atoms with E-state index in [9.17, 15) is 8.78 Å². The van der Waals surface area contributed by atoms with E-state index in [2.05, 4.69) is 29.7 Å². The summed E-state index contributed by atoms with van der Waals surface area (Å²) in [4.78, 5) is 20.1. The molecule has 1 aliphatic heterocycles. The van der Waals surface area contributed by atoms with Crippen LogP contribution in [-0.2, 0) is 0 Å². The maximum Gasteiger partial charge on any atom is 0.182 e. The number of benzene rings is 1. The largest absolute Gasteiger partial charge is 0.352 e. The zero-order valence-corrected chi connectivity index (χ0v) is 13.8. The minimum absolute atomic E-state index is 0.111. The second-order valence-electron chi connectivity index (χ2n) is 6.16. The van der Waals surface area contributed by atoms with Crippen LogP contribution in [-0.4, -0.2) is 51.0 Å². The van der Waals surface area contributed by atoms with Crippen LogP contribution in [0.5, 0.6) is 0 Å². The average Bonchev–Trinajstić information content (AvgIpc) is 3.10. The Morgan fingerprint density at radius 2 is 1.88 bits per heavy atom. The molecule has 0 bridgehead atoms. The molecule has 25 heavy (non-hydrogen) atoms. The van der Waals surface area contributed by atoms with Crippen molar-refractivity contribution < 1.29 is 8.78 Å². The molecule has 0 saturated carbocycles. The molecule has 1 N–H and O–H groups in total. The molecule has 0 amide bonds. The number of hydrogen-bond donors (Lipinski definition) is 1. The van der Waals surface area contributed by atoms with Crippen LogP contribution in [0.3, 0.4) is 0 Å². The highest BCUT2D eigenvalue weighted by Gasteiger charge is 2.25. The van der Waals surface area contributed by atoms with Gasteiger partial charge < -0.3 is 9.88 Å². The highest BCUT2D eigenvalue weighted by molar-refractivity contribution is 5.82. The van der Waals surface area contributed by atoms with Gasteiger partial charge in [-0.15, -0.1) is 0 Å². The van der Waals surface area contributed by atoms with Gasteiger partial charge in [0.1, 0.15) is 23.5 Å². The predicted octanol–water partition coefficient (Wildman–Crippen LogP) is 2.51. The molecule has 1 aliphatic rings. The standard InChI is InChI=1S/C17H18F2N6/c1-11(13-3-2-12(18)8-14(13)19)24-4-6-25(7-5-24)17-15-16(21-9-20-15)22-10-23-17/h2-3,8-11H,4-7H2,1H3,(H,20,21,22,23)/t11-/m0/s1. The van der Waals surface area contributed by atoms with E-state index < -0.39 is 11.6 Å². The van der Waals surface area contributed by atoms with Crippen LogP contribution in [0.1, 0.15) is 18.5 Å². The maximum absolute atomic E-state index is 14.0. The molecular formula is C17H18F2N6. The van der Waals surface area contributed by atoms with Crippen molar-refractivity contribution in [2.45, 2.75) is 13.0 Å². The Labute approximate surface area is 143 Å². The van der Waals surface area contributed by atoms with E-state index in [4.69, 9.17) is 0 Å². The maximum atomic E-state index is 14.0. The van der Waals surface area contributed by atoms with Crippen molar-refractivity contribution in [3.05, 3.63) is 48.1 Å². The van der Waals surface area contributed by atoms with E-state index in [1.54, 1.807) is 6.33 Å². The third kappa shape index (κ3) is 2.93. The summed E-state index contributed by atoms with van der Waals surface area (Å²) < 4.78 is 27.1. The molecule has 6 nitrogen and oxygen atoms in total. The van der Waals surface area contributed by atoms with Gasteiger partial charge in [-0.3, -0.25) is 4.90 Å². The number of hydrogen-bond acceptors (Lipinski definition) is 5. The quantitative estimate of drug-likeness (QED) is 0.791. The molecule has 4 rings (SSSR count). The first-order chi connectivity index (χ1) is 12.1. The number of H-pyrrole nitrogens is 1. The number of aromatic nitrogens is 4. The van der Waals surface area contributed by atoms with Crippen LogP contribution in [0, 0.1) is 11.6 Å². The van der Waals surface area contributed by atoms with E-state index >= 15 is 0 Å². The molecule has 2 aromatic heterocycles. The van der Waals surface area contributed by atoms with Crippen molar-refractivity contribution in [1.82, 2.24) is 24.8 Å². The fraction of sp³-hybridized carbons (Fsp3) is 0.353. The molecule has 1 aromatic carbocycles. The smallest absolute Gasteiger partial charge is 0.182 e. The number of fused-ring (bicyclic) bond motifs is 1. The predicted molar refractivity (Wildman–Crippen MR) is 90.2 cm³/mol. The zero-order chi connectivity index (χ0) is 17.4. The Balaban J connectivity index is 1.48. The molecule has 130 valence electrons. The third-order valence-electron chi connectivity index (χ3n) is 4.78. The second-order valence-corrected chi connectivity index (χ2v) is 6.16. The summed E-state index contributed by atoms with van der Waals surface area (Å²) in [5, 5.41) is 0. The summed E-state index contributed by atoms with van der Waals surface area (Å²) in [7, 11) is 0. The van der Waals surface area contributed by atoms with Gasteiger partial charge in [-0.1, -0.05) is 6.07 Å². The average molecular weight is 344 g/mol. The third-order valence-corrected chi connectivity index (χ3v) is 4.78. The topological polar surface area (TPSA) is 60.9 Å². The summed E-state index contributed by atoms with van der Waals surface area (Å²) in [6.45, 7) is 5.00. The number of piperazine rings is 1. The molecule has 3 aromatic rings. The SMILES string of the molecule is C[C@@H](c1ccc(F)cc1F)N1CCN(c2ncnc3nc[nH]c23)CC1. The van der Waals surface area contributed by atoms with Crippen LogP contribution in [0.25, 0.3) is 11.2 Å². The first-order valence-electron chi connectivity index (χ1n) is 8.21. The normalized spacial score (nSPS) is 17.2. The van der Waals surface area contributed by atoms with Gasteiger partial charge in [0.15, 0.2) is 11.5 Å². The number of anilines is 1. The number of halogens is 2. The molecule has 0 aliphatic carbocycles. The van der Waals surface area contributed by atoms with E-state index in [-0.39, 0.29) is 6.04 Å². The number of rotatable bonds is 3. The Bertz CT molecular complexity index is 888. The summed E-state index contributed by atoms with van der Waals surface area (Å²) in [6, 6.07) is 3.67. The number of nitrogens with one attached hydrogen (secondary N) is 1. The Morgan fingerprint density at radius 3 is 2.64 bits per heavy atom. The molecule has 1 fully saturated rings. The fourth-order valence-corrected chi connectivity index (χ4v) is 3.35. The van der Waals surface area contributed by atoms with Crippen molar-refractivity contribution in [3.8, 4) is 0 Å². The first kappa shape index (κ1) is 15.9. The van der Waals surface area contributed by atoms with Crippen molar-refractivity contribution in [3.63, 3.8) is 0 Å². The molecule has 3 heterocycles. The zero-order valence-electron chi connectivity index (χ0n) is 13.8. The summed E-state index contributed by atoms with van der Waals surface area (Å²) in [5.41, 5.74) is 2.00. The van der Waals surface area contributed by atoms with E-state index in [1.165, 1.54) is 18.5 Å². The summed E-state index contributed by atoms with van der Waals surface area (Å²) in [6.07, 6.45) is 3.12. The van der Waals surface area contributed by atoms with Gasteiger partial charge in [0.25, 0.3) is 0 Å². The van der Waals surface area contributed by atoms with Crippen molar-refractivity contribution >= 4 is 17.0 Å². The van der Waals surface area contributed by atoms with Crippen LogP contribution in [0.2, 0.25) is 0 Å². The van der Waals surface area contributed by atoms with Gasteiger partial charge in [-0.05, 0) is 13.0 Å². The minimum atomic E-state index is -0.550. The molecule has 0 radical (unpaired) electrons. The lowest BCUT2D eigenvalue weighted by Crippen LogP contribution is -2.47. The van der Waals surface area contributed by atoms with Crippen molar-refractivity contribution in [2.75, 3.05) is 31.1 Å². The molecule has 1 saturated heterocycles. The molecule has 8 heteroatoms. The van der Waals surface area contributed by atoms with Gasteiger partial charge in [0.05, 0.1) is 6.33 Å². The summed E-state index contributed by atoms with van der Waals surface area (Å²) in [5.74, 6) is -0.210. The molecule has 0 unspecified atom stereocenters. The second kappa shape index (κ2) is 6.36. The van der Waals surface area contributed by atoms with Gasteiger partial charge in [-0.25, -0.2) is 23.7 Å². The van der Waals surface area contributed by atoms with Crippen LogP contribution in [0.15, 0.2) is 30.9 Å². The lowest BCUT2D eigenvalue weighted by molar-refractivity contribution is 0.194. The van der Waals surface area contributed by atoms with Crippen molar-refractivity contribution in [1.29, 1.82) is 0 Å². The van der Waals surface area contributed by atoms with E-state index in [1.807, 2.05) is 6.92 Å². The number of nitrogens with zero attached hydrogens (tertiary/aromatic N) is 5.